The van der Waals surface area contributed by atoms with E-state index >= 15 is 0 Å². The van der Waals surface area contributed by atoms with Crippen LogP contribution < -0.4 is 15.6 Å². The molecule has 0 fully saturated rings. The SMILES string of the molecule is COc1ccc(Cl)cc1NC(=O)C(C)SCc1nc2sc(C)c(C)c2c(=O)[nH]1. The number of H-pyrrole nitrogens is 1. The number of thioether (sulfide) groups is 1. The maximum Gasteiger partial charge on any atom is 0.259 e. The molecule has 9 heteroatoms. The molecular weight excluding hydrogens is 418 g/mol. The molecule has 0 saturated carbocycles. The number of aromatic nitrogens is 2. The van der Waals surface area contributed by atoms with Gasteiger partial charge in [0.1, 0.15) is 16.4 Å². The van der Waals surface area contributed by atoms with Gasteiger partial charge in [0.15, 0.2) is 0 Å². The Morgan fingerprint density at radius 1 is 1.43 bits per heavy atom. The van der Waals surface area contributed by atoms with Crippen molar-refractivity contribution in [1.82, 2.24) is 9.97 Å². The number of hydrogen-bond donors (Lipinski definition) is 2. The molecule has 0 aliphatic rings. The average molecular weight is 438 g/mol. The fourth-order valence-electron chi connectivity index (χ4n) is 2.66. The lowest BCUT2D eigenvalue weighted by Gasteiger charge is -2.14. The minimum Gasteiger partial charge on any atom is -0.495 e. The van der Waals surface area contributed by atoms with E-state index in [1.54, 1.807) is 25.1 Å². The molecule has 0 spiro atoms. The first-order valence-electron chi connectivity index (χ1n) is 8.55. The van der Waals surface area contributed by atoms with E-state index in [1.165, 1.54) is 30.2 Å². The number of halogens is 1. The number of methoxy groups -OCH3 is 1. The molecule has 0 bridgehead atoms. The van der Waals surface area contributed by atoms with E-state index in [9.17, 15) is 9.59 Å². The van der Waals surface area contributed by atoms with Crippen molar-refractivity contribution >= 4 is 56.5 Å². The highest BCUT2D eigenvalue weighted by Gasteiger charge is 2.18. The number of fused-ring (bicyclic) bond motifs is 1. The van der Waals surface area contributed by atoms with Crippen LogP contribution in [0.3, 0.4) is 0 Å². The summed E-state index contributed by atoms with van der Waals surface area (Å²) in [5.74, 6) is 1.33. The number of anilines is 1. The van der Waals surface area contributed by atoms with Gasteiger partial charge in [-0.25, -0.2) is 4.98 Å². The van der Waals surface area contributed by atoms with Crippen LogP contribution in [0.5, 0.6) is 5.75 Å². The summed E-state index contributed by atoms with van der Waals surface area (Å²) < 4.78 is 5.25. The first kappa shape index (κ1) is 20.7. The van der Waals surface area contributed by atoms with Crippen molar-refractivity contribution in [1.29, 1.82) is 0 Å². The molecule has 2 heterocycles. The summed E-state index contributed by atoms with van der Waals surface area (Å²) in [7, 11) is 1.53. The summed E-state index contributed by atoms with van der Waals surface area (Å²) >= 11 is 8.90. The quantitative estimate of drug-likeness (QED) is 0.592. The molecule has 1 aromatic carbocycles. The summed E-state index contributed by atoms with van der Waals surface area (Å²) in [4.78, 5) is 34.1. The lowest BCUT2D eigenvalue weighted by atomic mass is 10.2. The van der Waals surface area contributed by atoms with Crippen molar-refractivity contribution in [3.8, 4) is 5.75 Å². The highest BCUT2D eigenvalue weighted by Crippen LogP contribution is 2.29. The van der Waals surface area contributed by atoms with E-state index < -0.39 is 0 Å². The molecule has 1 amide bonds. The maximum absolute atomic E-state index is 12.5. The summed E-state index contributed by atoms with van der Waals surface area (Å²) in [6.45, 7) is 5.70. The van der Waals surface area contributed by atoms with Gasteiger partial charge < -0.3 is 15.0 Å². The minimum atomic E-state index is -0.364. The second kappa shape index (κ2) is 8.55. The molecule has 0 aliphatic heterocycles. The molecular formula is C19H20ClN3O3S2. The molecule has 2 N–H and O–H groups in total. The number of ether oxygens (including phenoxy) is 1. The van der Waals surface area contributed by atoms with Crippen LogP contribution in [-0.4, -0.2) is 28.2 Å². The smallest absolute Gasteiger partial charge is 0.259 e. The van der Waals surface area contributed by atoms with E-state index in [1.807, 2.05) is 13.8 Å². The van der Waals surface area contributed by atoms with Crippen molar-refractivity contribution in [3.05, 3.63) is 49.8 Å². The number of rotatable bonds is 6. The van der Waals surface area contributed by atoms with Gasteiger partial charge in [-0.15, -0.1) is 23.1 Å². The van der Waals surface area contributed by atoms with E-state index in [0.717, 1.165) is 15.3 Å². The molecule has 1 unspecified atom stereocenters. The molecule has 1 atom stereocenters. The van der Waals surface area contributed by atoms with Gasteiger partial charge in [0.05, 0.1) is 29.2 Å². The predicted molar refractivity (Wildman–Crippen MR) is 117 cm³/mol. The average Bonchev–Trinajstić information content (AvgIpc) is 2.94. The normalized spacial score (nSPS) is 12.2. The van der Waals surface area contributed by atoms with Gasteiger partial charge in [-0.1, -0.05) is 11.6 Å². The molecule has 28 heavy (non-hydrogen) atoms. The van der Waals surface area contributed by atoms with Crippen LogP contribution >= 0.6 is 34.7 Å². The number of carbonyl (C=O) groups excluding carboxylic acids is 1. The molecule has 2 aromatic heterocycles. The number of nitrogens with zero attached hydrogens (tertiary/aromatic N) is 1. The second-order valence-electron chi connectivity index (χ2n) is 6.26. The number of nitrogens with one attached hydrogen (secondary N) is 2. The summed E-state index contributed by atoms with van der Waals surface area (Å²) in [6, 6.07) is 5.04. The molecule has 0 saturated heterocycles. The third-order valence-electron chi connectivity index (χ3n) is 4.35. The Hall–Kier alpha value is -2.03. The van der Waals surface area contributed by atoms with Gasteiger partial charge in [-0.05, 0) is 44.5 Å². The van der Waals surface area contributed by atoms with Gasteiger partial charge in [0, 0.05) is 9.90 Å². The van der Waals surface area contributed by atoms with Crippen molar-refractivity contribution in [3.63, 3.8) is 0 Å². The van der Waals surface area contributed by atoms with Crippen LogP contribution in [0, 0.1) is 13.8 Å². The van der Waals surface area contributed by atoms with Gasteiger partial charge in [0.25, 0.3) is 5.56 Å². The summed E-state index contributed by atoms with van der Waals surface area (Å²) in [5.41, 5.74) is 1.35. The zero-order valence-electron chi connectivity index (χ0n) is 15.9. The van der Waals surface area contributed by atoms with Crippen LogP contribution in [0.25, 0.3) is 10.2 Å². The standard InChI is InChI=1S/C19H20ClN3O3S2/c1-9-10(2)28-19-16(9)18(25)22-15(23-19)8-27-11(3)17(24)21-13-7-12(20)5-6-14(13)26-4/h5-7,11H,8H2,1-4H3,(H,21,24)(H,22,23,25). The van der Waals surface area contributed by atoms with E-state index in [0.29, 0.717) is 33.4 Å². The third kappa shape index (κ3) is 4.34. The lowest BCUT2D eigenvalue weighted by Crippen LogP contribution is -2.23. The number of benzene rings is 1. The zero-order chi connectivity index (χ0) is 20.4. The Morgan fingerprint density at radius 3 is 2.89 bits per heavy atom. The Labute approximate surface area is 175 Å². The lowest BCUT2D eigenvalue weighted by molar-refractivity contribution is -0.115. The topological polar surface area (TPSA) is 84.1 Å². The fourth-order valence-corrected chi connectivity index (χ4v) is 4.64. The number of thiophene rings is 1. The maximum atomic E-state index is 12.5. The van der Waals surface area contributed by atoms with E-state index in [-0.39, 0.29) is 16.7 Å². The predicted octanol–water partition coefficient (Wildman–Crippen LogP) is 4.52. The van der Waals surface area contributed by atoms with Crippen LogP contribution in [0.1, 0.15) is 23.2 Å². The van der Waals surface area contributed by atoms with Gasteiger partial charge in [-0.3, -0.25) is 9.59 Å². The summed E-state index contributed by atoms with van der Waals surface area (Å²) in [6.07, 6.45) is 0. The van der Waals surface area contributed by atoms with Crippen molar-refractivity contribution < 1.29 is 9.53 Å². The monoisotopic (exact) mass is 437 g/mol. The Bertz CT molecular complexity index is 1090. The third-order valence-corrected chi connectivity index (χ3v) is 6.84. The van der Waals surface area contributed by atoms with Crippen LogP contribution in [-0.2, 0) is 10.5 Å². The minimum absolute atomic E-state index is 0.136. The second-order valence-corrected chi connectivity index (χ2v) is 9.23. The Kier molecular flexibility index (Phi) is 6.32. The Morgan fingerprint density at radius 2 is 2.18 bits per heavy atom. The molecule has 0 aliphatic carbocycles. The van der Waals surface area contributed by atoms with Crippen LogP contribution in [0.4, 0.5) is 5.69 Å². The van der Waals surface area contributed by atoms with Crippen molar-refractivity contribution in [2.75, 3.05) is 12.4 Å². The van der Waals surface area contributed by atoms with Crippen LogP contribution in [0.2, 0.25) is 5.02 Å². The van der Waals surface area contributed by atoms with E-state index in [2.05, 4.69) is 15.3 Å². The zero-order valence-corrected chi connectivity index (χ0v) is 18.3. The first-order valence-corrected chi connectivity index (χ1v) is 10.8. The highest BCUT2D eigenvalue weighted by atomic mass is 35.5. The molecule has 0 radical (unpaired) electrons. The molecule has 6 nitrogen and oxygen atoms in total. The van der Waals surface area contributed by atoms with Gasteiger partial charge >= 0.3 is 0 Å². The summed E-state index contributed by atoms with van der Waals surface area (Å²) in [5, 5.41) is 3.62. The fraction of sp³-hybridized carbons (Fsp3) is 0.316. The number of aromatic amines is 1. The van der Waals surface area contributed by atoms with Crippen molar-refractivity contribution in [2.24, 2.45) is 0 Å². The number of aryl methyl sites for hydroxylation is 2. The van der Waals surface area contributed by atoms with Gasteiger partial charge in [0.2, 0.25) is 5.91 Å². The van der Waals surface area contributed by atoms with Crippen LogP contribution in [0.15, 0.2) is 23.0 Å². The molecule has 148 valence electrons. The number of hydrogen-bond acceptors (Lipinski definition) is 6. The van der Waals surface area contributed by atoms with Crippen molar-refractivity contribution in [2.45, 2.75) is 31.8 Å². The number of amides is 1. The largest absolute Gasteiger partial charge is 0.495 e. The van der Waals surface area contributed by atoms with E-state index in [4.69, 9.17) is 16.3 Å². The molecule has 3 aromatic rings. The highest BCUT2D eigenvalue weighted by molar-refractivity contribution is 7.99. The molecule has 3 rings (SSSR count). The Balaban J connectivity index is 1.69. The number of carbonyl (C=O) groups is 1. The van der Waals surface area contributed by atoms with Gasteiger partial charge in [-0.2, -0.15) is 0 Å². The first-order chi connectivity index (χ1) is 13.3.